The van der Waals surface area contributed by atoms with Crippen molar-refractivity contribution in [1.82, 2.24) is 5.32 Å². The van der Waals surface area contributed by atoms with E-state index >= 15 is 0 Å². The highest BCUT2D eigenvalue weighted by atomic mass is 35.5. The zero-order chi connectivity index (χ0) is 13.8. The molecular weight excluding hydrogens is 262 g/mol. The molecule has 0 aliphatic carbocycles. The summed E-state index contributed by atoms with van der Waals surface area (Å²) in [4.78, 5) is 12.0. The fourth-order valence-corrected chi connectivity index (χ4v) is 1.88. The summed E-state index contributed by atoms with van der Waals surface area (Å²) in [6.45, 7) is 2.14. The maximum atomic E-state index is 12.0. The first-order valence-corrected chi connectivity index (χ1v) is 6.27. The van der Waals surface area contributed by atoms with E-state index in [4.69, 9.17) is 11.6 Å². The summed E-state index contributed by atoms with van der Waals surface area (Å²) in [5.74, 6) is -0.0810. The molecule has 2 aromatic rings. The van der Waals surface area contributed by atoms with Crippen LogP contribution < -0.4 is 5.32 Å². The second-order valence-corrected chi connectivity index (χ2v) is 4.70. The molecule has 2 N–H and O–H groups in total. The number of phenols is 1. The van der Waals surface area contributed by atoms with Crippen LogP contribution in [0.5, 0.6) is 5.75 Å². The number of phenolic OH excluding ortho intramolecular Hbond substituents is 1. The predicted molar refractivity (Wildman–Crippen MR) is 75.5 cm³/mol. The van der Waals surface area contributed by atoms with E-state index in [1.54, 1.807) is 37.3 Å². The van der Waals surface area contributed by atoms with Crippen LogP contribution in [-0.2, 0) is 6.54 Å². The van der Waals surface area contributed by atoms with E-state index in [1.165, 1.54) is 0 Å². The van der Waals surface area contributed by atoms with E-state index < -0.39 is 0 Å². The van der Waals surface area contributed by atoms with Gasteiger partial charge in [-0.3, -0.25) is 4.79 Å². The minimum Gasteiger partial charge on any atom is -0.508 e. The normalized spacial score (nSPS) is 10.2. The lowest BCUT2D eigenvalue weighted by Crippen LogP contribution is -2.23. The molecule has 0 fully saturated rings. The van der Waals surface area contributed by atoms with Crippen molar-refractivity contribution in [2.45, 2.75) is 13.5 Å². The summed E-state index contributed by atoms with van der Waals surface area (Å²) in [6, 6.07) is 12.2. The Morgan fingerprint density at radius 2 is 1.89 bits per heavy atom. The number of aromatic hydroxyl groups is 1. The molecule has 1 amide bonds. The molecule has 0 saturated heterocycles. The van der Waals surface area contributed by atoms with E-state index in [9.17, 15) is 9.90 Å². The Kier molecular flexibility index (Phi) is 4.07. The Morgan fingerprint density at radius 1 is 1.21 bits per heavy atom. The maximum absolute atomic E-state index is 12.0. The Hall–Kier alpha value is -2.00. The molecule has 0 aliphatic rings. The summed E-state index contributed by atoms with van der Waals surface area (Å²) < 4.78 is 0. The fourth-order valence-electron chi connectivity index (χ4n) is 1.75. The zero-order valence-electron chi connectivity index (χ0n) is 10.5. The fraction of sp³-hybridized carbons (Fsp3) is 0.133. The molecule has 0 heterocycles. The summed E-state index contributed by atoms with van der Waals surface area (Å²) >= 11 is 5.79. The minimum atomic E-state index is -0.205. The van der Waals surface area contributed by atoms with Crippen molar-refractivity contribution in [2.75, 3.05) is 0 Å². The summed E-state index contributed by atoms with van der Waals surface area (Å²) in [6.07, 6.45) is 0. The molecule has 0 aromatic heterocycles. The topological polar surface area (TPSA) is 49.3 Å². The van der Waals surface area contributed by atoms with Crippen molar-refractivity contribution in [3.8, 4) is 5.75 Å². The van der Waals surface area contributed by atoms with Gasteiger partial charge in [0.05, 0.1) is 0 Å². The molecule has 98 valence electrons. The second-order valence-electron chi connectivity index (χ2n) is 4.26. The van der Waals surface area contributed by atoms with Crippen LogP contribution in [0.1, 0.15) is 21.5 Å². The SMILES string of the molecule is Cc1c(O)cccc1C(=O)NCc1ccc(Cl)cc1. The number of hydrogen-bond acceptors (Lipinski definition) is 2. The number of carbonyl (C=O) groups is 1. The Balaban J connectivity index is 2.05. The monoisotopic (exact) mass is 275 g/mol. The van der Waals surface area contributed by atoms with E-state index in [0.717, 1.165) is 5.56 Å². The van der Waals surface area contributed by atoms with Crippen LogP contribution in [0.4, 0.5) is 0 Å². The van der Waals surface area contributed by atoms with Gasteiger partial charge in [0.15, 0.2) is 0 Å². The Bertz CT molecular complexity index is 594. The van der Waals surface area contributed by atoms with Crippen LogP contribution in [0.25, 0.3) is 0 Å². The lowest BCUT2D eigenvalue weighted by Gasteiger charge is -2.09. The van der Waals surface area contributed by atoms with Gasteiger partial charge in [0.2, 0.25) is 0 Å². The molecule has 2 aromatic carbocycles. The standard InChI is InChI=1S/C15H14ClNO2/c1-10-13(3-2-4-14(10)18)15(19)17-9-11-5-7-12(16)8-6-11/h2-8,18H,9H2,1H3,(H,17,19). The Labute approximate surface area is 116 Å². The lowest BCUT2D eigenvalue weighted by molar-refractivity contribution is 0.0950. The van der Waals surface area contributed by atoms with Crippen LogP contribution in [0.15, 0.2) is 42.5 Å². The van der Waals surface area contributed by atoms with E-state index in [1.807, 2.05) is 12.1 Å². The van der Waals surface area contributed by atoms with Crippen LogP contribution in [-0.4, -0.2) is 11.0 Å². The molecule has 0 spiro atoms. The third-order valence-corrected chi connectivity index (χ3v) is 3.17. The molecule has 19 heavy (non-hydrogen) atoms. The molecule has 0 aliphatic heterocycles. The van der Waals surface area contributed by atoms with Crippen molar-refractivity contribution in [2.24, 2.45) is 0 Å². The van der Waals surface area contributed by atoms with Gasteiger partial charge in [-0.2, -0.15) is 0 Å². The van der Waals surface area contributed by atoms with Crippen LogP contribution >= 0.6 is 11.6 Å². The zero-order valence-corrected chi connectivity index (χ0v) is 11.2. The third-order valence-electron chi connectivity index (χ3n) is 2.92. The highest BCUT2D eigenvalue weighted by molar-refractivity contribution is 6.30. The molecule has 4 heteroatoms. The van der Waals surface area contributed by atoms with Crippen molar-refractivity contribution < 1.29 is 9.90 Å². The van der Waals surface area contributed by atoms with Gasteiger partial charge in [-0.25, -0.2) is 0 Å². The van der Waals surface area contributed by atoms with Gasteiger partial charge < -0.3 is 10.4 Å². The molecule has 0 saturated carbocycles. The predicted octanol–water partition coefficient (Wildman–Crippen LogP) is 3.28. The van der Waals surface area contributed by atoms with Crippen molar-refractivity contribution >= 4 is 17.5 Å². The smallest absolute Gasteiger partial charge is 0.251 e. The van der Waals surface area contributed by atoms with Gasteiger partial charge >= 0.3 is 0 Å². The number of nitrogens with one attached hydrogen (secondary N) is 1. The van der Waals surface area contributed by atoms with E-state index in [2.05, 4.69) is 5.32 Å². The van der Waals surface area contributed by atoms with Crippen LogP contribution in [0.3, 0.4) is 0 Å². The second kappa shape index (κ2) is 5.76. The van der Waals surface area contributed by atoms with Gasteiger partial charge in [0.1, 0.15) is 5.75 Å². The number of carbonyl (C=O) groups excluding carboxylic acids is 1. The largest absolute Gasteiger partial charge is 0.508 e. The first-order chi connectivity index (χ1) is 9.08. The minimum absolute atomic E-state index is 0.124. The van der Waals surface area contributed by atoms with Gasteiger partial charge in [-0.15, -0.1) is 0 Å². The van der Waals surface area contributed by atoms with Gasteiger partial charge in [0, 0.05) is 22.7 Å². The molecular formula is C15H14ClNO2. The average Bonchev–Trinajstić information content (AvgIpc) is 2.41. The molecule has 0 bridgehead atoms. The molecule has 0 radical (unpaired) electrons. The van der Waals surface area contributed by atoms with Gasteiger partial charge in [-0.1, -0.05) is 29.8 Å². The summed E-state index contributed by atoms with van der Waals surface area (Å²) in [5, 5.41) is 13.0. The first kappa shape index (κ1) is 13.4. The molecule has 0 atom stereocenters. The van der Waals surface area contributed by atoms with Crippen LogP contribution in [0.2, 0.25) is 5.02 Å². The molecule has 2 rings (SSSR count). The average molecular weight is 276 g/mol. The highest BCUT2D eigenvalue weighted by Crippen LogP contribution is 2.19. The third kappa shape index (κ3) is 3.26. The van der Waals surface area contributed by atoms with Gasteiger partial charge in [0.25, 0.3) is 5.91 Å². The molecule has 3 nitrogen and oxygen atoms in total. The summed E-state index contributed by atoms with van der Waals surface area (Å²) in [5.41, 5.74) is 2.03. The van der Waals surface area contributed by atoms with Crippen molar-refractivity contribution in [3.63, 3.8) is 0 Å². The number of hydrogen-bond donors (Lipinski definition) is 2. The van der Waals surface area contributed by atoms with Crippen molar-refractivity contribution in [3.05, 3.63) is 64.2 Å². The number of rotatable bonds is 3. The first-order valence-electron chi connectivity index (χ1n) is 5.89. The summed E-state index contributed by atoms with van der Waals surface area (Å²) in [7, 11) is 0. The number of halogens is 1. The van der Waals surface area contributed by atoms with Crippen molar-refractivity contribution in [1.29, 1.82) is 0 Å². The van der Waals surface area contributed by atoms with Gasteiger partial charge in [-0.05, 0) is 36.8 Å². The number of amides is 1. The maximum Gasteiger partial charge on any atom is 0.251 e. The van der Waals surface area contributed by atoms with E-state index in [-0.39, 0.29) is 11.7 Å². The Morgan fingerprint density at radius 3 is 2.58 bits per heavy atom. The quantitative estimate of drug-likeness (QED) is 0.903. The van der Waals surface area contributed by atoms with Crippen LogP contribution in [0, 0.1) is 6.92 Å². The van der Waals surface area contributed by atoms with E-state index in [0.29, 0.717) is 22.7 Å². The molecule has 0 unspecified atom stereocenters. The lowest BCUT2D eigenvalue weighted by atomic mass is 10.1. The number of benzene rings is 2. The highest BCUT2D eigenvalue weighted by Gasteiger charge is 2.10.